The minimum atomic E-state index is -2.14. The van der Waals surface area contributed by atoms with Crippen LogP contribution < -0.4 is 0 Å². The second kappa shape index (κ2) is 13.1. The van der Waals surface area contributed by atoms with Crippen molar-refractivity contribution in [3.05, 3.63) is 71.8 Å². The minimum Gasteiger partial charge on any atom is -0.452 e. The van der Waals surface area contributed by atoms with E-state index in [1.165, 1.54) is 0 Å². The lowest BCUT2D eigenvalue weighted by Crippen LogP contribution is -2.61. The van der Waals surface area contributed by atoms with E-state index in [0.717, 1.165) is 11.1 Å². The van der Waals surface area contributed by atoms with Crippen LogP contribution in [0.25, 0.3) is 0 Å². The molecule has 1 saturated heterocycles. The van der Waals surface area contributed by atoms with Crippen LogP contribution in [0.2, 0.25) is 0 Å². The van der Waals surface area contributed by atoms with Gasteiger partial charge in [-0.05, 0) is 18.1 Å². The highest BCUT2D eigenvalue weighted by atomic mass is 35.6. The molecule has 11 heteroatoms. The molecule has 1 heterocycles. The Morgan fingerprint density at radius 1 is 0.886 bits per heavy atom. The summed E-state index contributed by atoms with van der Waals surface area (Å²) in [6.07, 6.45) is -4.61. The molecule has 5 atom stereocenters. The molecule has 0 amide bonds. The summed E-state index contributed by atoms with van der Waals surface area (Å²) in [5.41, 5.74) is 1.83. The van der Waals surface area contributed by atoms with E-state index in [-0.39, 0.29) is 13.2 Å². The Hall–Kier alpha value is -1.58. The first-order valence-electron chi connectivity index (χ1n) is 10.7. The summed E-state index contributed by atoms with van der Waals surface area (Å²) in [6, 6.07) is 19.0. The lowest BCUT2D eigenvalue weighted by molar-refractivity contribution is -0.296. The fourth-order valence-corrected chi connectivity index (χ4v) is 3.71. The minimum absolute atomic E-state index is 0.187. The molecule has 1 N–H and O–H groups in total. The van der Waals surface area contributed by atoms with Gasteiger partial charge in [0.15, 0.2) is 6.10 Å². The van der Waals surface area contributed by atoms with Crippen molar-refractivity contribution >= 4 is 58.3 Å². The number of carbonyl (C=O) groups excluding carboxylic acids is 1. The molecule has 2 aromatic carbocycles. The second-order valence-corrected chi connectivity index (χ2v) is 10.3. The maximum atomic E-state index is 12.2. The van der Waals surface area contributed by atoms with Crippen molar-refractivity contribution in [1.29, 1.82) is 5.41 Å². The molecule has 190 valence electrons. The van der Waals surface area contributed by atoms with Crippen molar-refractivity contribution in [2.24, 2.45) is 0 Å². The standard InChI is InChI=1S/C24H25Cl4NO6/c1-15-19(31-13-16-8-4-2-5-9-16)20(32-14-17-10-6-3-7-11-17)21(34-18(30)12-25)22(33-15)35-23(29)24(26,27)28/h2-11,15,19-22,29H,12-14H2,1H3/t15-,19-,20+,21+,22?/m0/s1. The number of esters is 1. The second-order valence-electron chi connectivity index (χ2n) is 7.76. The third-order valence-corrected chi connectivity index (χ3v) is 5.90. The van der Waals surface area contributed by atoms with Crippen molar-refractivity contribution in [2.75, 3.05) is 5.88 Å². The summed E-state index contributed by atoms with van der Waals surface area (Å²) >= 11 is 23.0. The van der Waals surface area contributed by atoms with Gasteiger partial charge in [0, 0.05) is 0 Å². The van der Waals surface area contributed by atoms with Crippen molar-refractivity contribution < 1.29 is 28.5 Å². The number of benzene rings is 2. The fourth-order valence-electron chi connectivity index (χ4n) is 3.51. The molecule has 0 spiro atoms. The normalized spacial score (nSPS) is 24.5. The van der Waals surface area contributed by atoms with E-state index < -0.39 is 52.2 Å². The highest BCUT2D eigenvalue weighted by Crippen LogP contribution is 2.34. The molecular formula is C24H25Cl4NO6. The van der Waals surface area contributed by atoms with Gasteiger partial charge < -0.3 is 23.7 Å². The van der Waals surface area contributed by atoms with Gasteiger partial charge in [-0.15, -0.1) is 11.6 Å². The Kier molecular flexibility index (Phi) is 10.5. The molecule has 7 nitrogen and oxygen atoms in total. The van der Waals surface area contributed by atoms with Gasteiger partial charge in [0.1, 0.15) is 18.1 Å². The molecule has 1 fully saturated rings. The SMILES string of the molecule is C[C@@H]1OC(OC(=N)C(Cl)(Cl)Cl)[C@H](OC(=O)CCl)[C@H](OCc2ccccc2)[C@H]1OCc1ccccc1. The number of carbonyl (C=O) groups is 1. The first kappa shape index (κ1) is 28.0. The van der Waals surface area contributed by atoms with Crippen molar-refractivity contribution in [1.82, 2.24) is 0 Å². The Labute approximate surface area is 223 Å². The van der Waals surface area contributed by atoms with E-state index in [1.807, 2.05) is 60.7 Å². The number of halogens is 4. The molecule has 0 radical (unpaired) electrons. The highest BCUT2D eigenvalue weighted by molar-refractivity contribution is 6.76. The first-order chi connectivity index (χ1) is 16.7. The molecule has 0 saturated carbocycles. The molecular weight excluding hydrogens is 540 g/mol. The molecule has 1 aliphatic rings. The largest absolute Gasteiger partial charge is 0.452 e. The van der Waals surface area contributed by atoms with Crippen LogP contribution in [0.4, 0.5) is 0 Å². The van der Waals surface area contributed by atoms with Gasteiger partial charge in [0.05, 0.1) is 19.3 Å². The zero-order valence-electron chi connectivity index (χ0n) is 18.7. The van der Waals surface area contributed by atoms with Gasteiger partial charge in [0.2, 0.25) is 12.2 Å². The van der Waals surface area contributed by atoms with Gasteiger partial charge >= 0.3 is 5.97 Å². The van der Waals surface area contributed by atoms with E-state index in [4.69, 9.17) is 75.5 Å². The predicted octanol–water partition coefficient (Wildman–Crippen LogP) is 5.42. The maximum absolute atomic E-state index is 12.2. The van der Waals surface area contributed by atoms with E-state index in [0.29, 0.717) is 0 Å². The summed E-state index contributed by atoms with van der Waals surface area (Å²) in [7, 11) is 0. The van der Waals surface area contributed by atoms with Gasteiger partial charge in [0.25, 0.3) is 3.79 Å². The Morgan fingerprint density at radius 2 is 1.40 bits per heavy atom. The molecule has 3 rings (SSSR count). The Balaban J connectivity index is 1.88. The number of ether oxygens (including phenoxy) is 5. The Morgan fingerprint density at radius 3 is 1.89 bits per heavy atom. The smallest absolute Gasteiger partial charge is 0.321 e. The third kappa shape index (κ3) is 8.22. The molecule has 0 bridgehead atoms. The summed E-state index contributed by atoms with van der Waals surface area (Å²) in [6.45, 7) is 2.20. The first-order valence-corrected chi connectivity index (χ1v) is 12.4. The molecule has 35 heavy (non-hydrogen) atoms. The van der Waals surface area contributed by atoms with Crippen LogP contribution >= 0.6 is 46.4 Å². The van der Waals surface area contributed by atoms with Crippen molar-refractivity contribution in [2.45, 2.75) is 54.6 Å². The van der Waals surface area contributed by atoms with E-state index in [1.54, 1.807) is 6.92 Å². The van der Waals surface area contributed by atoms with Crippen LogP contribution in [0.15, 0.2) is 60.7 Å². The molecule has 0 aliphatic carbocycles. The fraction of sp³-hybridized carbons (Fsp3) is 0.417. The van der Waals surface area contributed by atoms with Crippen LogP contribution in [0.1, 0.15) is 18.1 Å². The van der Waals surface area contributed by atoms with Crippen molar-refractivity contribution in [3.8, 4) is 0 Å². The topological polar surface area (TPSA) is 87.1 Å². The zero-order chi connectivity index (χ0) is 25.4. The third-order valence-electron chi connectivity index (χ3n) is 5.17. The van der Waals surface area contributed by atoms with Crippen LogP contribution in [0.3, 0.4) is 0 Å². The predicted molar refractivity (Wildman–Crippen MR) is 134 cm³/mol. The van der Waals surface area contributed by atoms with Crippen LogP contribution in [0, 0.1) is 5.41 Å². The van der Waals surface area contributed by atoms with E-state index in [9.17, 15) is 4.79 Å². The number of hydrogen-bond donors (Lipinski definition) is 1. The van der Waals surface area contributed by atoms with Gasteiger partial charge in [-0.1, -0.05) is 95.5 Å². The van der Waals surface area contributed by atoms with Crippen LogP contribution in [0.5, 0.6) is 0 Å². The summed E-state index contributed by atoms with van der Waals surface area (Å²) in [5.74, 6) is -1.85. The number of nitrogens with one attached hydrogen (secondary N) is 1. The molecule has 0 aromatic heterocycles. The van der Waals surface area contributed by atoms with E-state index in [2.05, 4.69) is 0 Å². The lowest BCUT2D eigenvalue weighted by atomic mass is 9.98. The quantitative estimate of drug-likeness (QED) is 0.189. The molecule has 2 aromatic rings. The van der Waals surface area contributed by atoms with Gasteiger partial charge in [-0.2, -0.15) is 0 Å². The summed E-state index contributed by atoms with van der Waals surface area (Å²) in [4.78, 5) is 12.2. The summed E-state index contributed by atoms with van der Waals surface area (Å²) in [5, 5.41) is 7.97. The number of hydrogen-bond acceptors (Lipinski definition) is 7. The number of rotatable bonds is 9. The average Bonchev–Trinajstić information content (AvgIpc) is 2.84. The average molecular weight is 565 g/mol. The molecule has 1 aliphatic heterocycles. The lowest BCUT2D eigenvalue weighted by Gasteiger charge is -2.44. The molecule has 1 unspecified atom stereocenters. The van der Waals surface area contributed by atoms with Crippen LogP contribution in [-0.2, 0) is 41.7 Å². The highest BCUT2D eigenvalue weighted by Gasteiger charge is 2.50. The monoisotopic (exact) mass is 563 g/mol. The van der Waals surface area contributed by atoms with Crippen LogP contribution in [-0.4, -0.2) is 52.2 Å². The summed E-state index contributed by atoms with van der Waals surface area (Å²) < 4.78 is 27.2. The Bertz CT molecular complexity index is 959. The number of alkyl halides is 4. The van der Waals surface area contributed by atoms with Gasteiger partial charge in [-0.3, -0.25) is 10.2 Å². The van der Waals surface area contributed by atoms with Gasteiger partial charge in [-0.25, -0.2) is 0 Å². The zero-order valence-corrected chi connectivity index (χ0v) is 21.8. The van der Waals surface area contributed by atoms with Crippen molar-refractivity contribution in [3.63, 3.8) is 0 Å². The maximum Gasteiger partial charge on any atom is 0.321 e. The van der Waals surface area contributed by atoms with E-state index >= 15 is 0 Å².